The topological polar surface area (TPSA) is 188 Å². The molecule has 0 aromatic heterocycles. The van der Waals surface area contributed by atoms with Gasteiger partial charge in [-0.2, -0.15) is 0 Å². The van der Waals surface area contributed by atoms with Crippen LogP contribution in [0, 0.1) is 0 Å². The molecule has 0 aromatic carbocycles. The Morgan fingerprint density at radius 2 is 0.908 bits per heavy atom. The lowest BCUT2D eigenvalue weighted by Gasteiger charge is -2.22. The van der Waals surface area contributed by atoms with Gasteiger partial charge in [0.2, 0.25) is 23.6 Å². The molecule has 0 aliphatic rings. The maximum absolute atomic E-state index is 13.4. The molecule has 15 nitrogen and oxygen atoms in total. The van der Waals surface area contributed by atoms with E-state index in [0.29, 0.717) is 91.3 Å². The first-order valence-corrected chi connectivity index (χ1v) is 29.9. The first-order valence-electron chi connectivity index (χ1n) is 29.9. The van der Waals surface area contributed by atoms with E-state index in [1.165, 1.54) is 63.2 Å². The van der Waals surface area contributed by atoms with Gasteiger partial charge in [-0.3, -0.25) is 28.8 Å². The highest BCUT2D eigenvalue weighted by Gasteiger charge is 2.20. The molecule has 438 valence electrons. The summed E-state index contributed by atoms with van der Waals surface area (Å²) in [4.78, 5) is 77.6. The van der Waals surface area contributed by atoms with Crippen molar-refractivity contribution in [2.75, 3.05) is 79.0 Å². The van der Waals surface area contributed by atoms with Crippen molar-refractivity contribution in [3.63, 3.8) is 0 Å². The average Bonchev–Trinajstić information content (AvgIpc) is 3.40. The van der Waals surface area contributed by atoms with Crippen molar-refractivity contribution in [1.82, 2.24) is 20.9 Å². The van der Waals surface area contributed by atoms with Crippen molar-refractivity contribution in [2.45, 2.75) is 226 Å². The normalized spacial score (nSPS) is 12.0. The number of carbonyl (C=O) groups is 6. The molecule has 0 aliphatic heterocycles. The summed E-state index contributed by atoms with van der Waals surface area (Å²) in [7, 11) is 0. The van der Waals surface area contributed by atoms with Crippen LogP contribution in [0.15, 0.2) is 48.6 Å². The van der Waals surface area contributed by atoms with Crippen LogP contribution in [0.3, 0.4) is 0 Å². The molecule has 0 saturated heterocycles. The van der Waals surface area contributed by atoms with Gasteiger partial charge in [-0.1, -0.05) is 127 Å². The number of esters is 2. The van der Waals surface area contributed by atoms with Crippen LogP contribution in [0.1, 0.15) is 220 Å². The number of carbonyl (C=O) groups excluding carboxylic acids is 6. The second-order valence-corrected chi connectivity index (χ2v) is 19.4. The van der Waals surface area contributed by atoms with Gasteiger partial charge in [0, 0.05) is 58.9 Å². The Bertz CT molecular complexity index is 1490. The molecule has 3 N–H and O–H groups in total. The van der Waals surface area contributed by atoms with E-state index < -0.39 is 6.04 Å². The Balaban J connectivity index is 4.77. The molecule has 0 fully saturated rings. The van der Waals surface area contributed by atoms with Gasteiger partial charge in [0.1, 0.15) is 19.3 Å². The summed E-state index contributed by atoms with van der Waals surface area (Å²) in [6, 6.07) is -0.703. The predicted octanol–water partition coefficient (Wildman–Crippen LogP) is 11.7. The molecule has 0 rings (SSSR count). The molecule has 0 unspecified atom stereocenters. The van der Waals surface area contributed by atoms with Gasteiger partial charge in [-0.15, -0.1) is 0 Å². The van der Waals surface area contributed by atoms with Crippen molar-refractivity contribution >= 4 is 35.6 Å². The Hall–Kier alpha value is -4.34. The fourth-order valence-electron chi connectivity index (χ4n) is 7.98. The zero-order valence-corrected chi connectivity index (χ0v) is 48.3. The number of nitrogens with zero attached hydrogens (tertiary/aromatic N) is 1. The second kappa shape index (κ2) is 56.9. The average molecular weight is 1070 g/mol. The quantitative estimate of drug-likeness (QED) is 0.0299. The summed E-state index contributed by atoms with van der Waals surface area (Å²) in [6.07, 6.45) is 44.8. The third-order valence-corrected chi connectivity index (χ3v) is 12.5. The van der Waals surface area contributed by atoms with Gasteiger partial charge in [-0.05, 0) is 110 Å². The lowest BCUT2D eigenvalue weighted by molar-refractivity contribution is -0.147. The van der Waals surface area contributed by atoms with Crippen LogP contribution in [0.5, 0.6) is 0 Å². The number of allylic oxidation sites excluding steroid dienone is 8. The molecule has 1 atom stereocenters. The van der Waals surface area contributed by atoms with Crippen LogP contribution < -0.4 is 16.0 Å². The number of ether oxygens (including phenoxy) is 5. The first-order chi connectivity index (χ1) is 37.1. The molecule has 0 saturated carbocycles. The molecular weight excluding hydrogens is 965 g/mol. The van der Waals surface area contributed by atoms with E-state index in [9.17, 15) is 28.8 Å². The SMILES string of the molecule is CCCCC/C=C\C/C=C\CCCCCCCC(=O)OCCN(CCOC(=O)CCCCCCC/C=C\C/C=C\CCCCC)C(=O)CCC(=O)NCCCC[C@H](NC(C)=O)C(=O)NCCCOCCOCCOCC. The highest BCUT2D eigenvalue weighted by atomic mass is 16.5. The van der Waals surface area contributed by atoms with E-state index in [1.54, 1.807) is 0 Å². The van der Waals surface area contributed by atoms with E-state index in [2.05, 4.69) is 78.4 Å². The van der Waals surface area contributed by atoms with Gasteiger partial charge < -0.3 is 44.5 Å². The predicted molar refractivity (Wildman–Crippen MR) is 307 cm³/mol. The molecule has 76 heavy (non-hydrogen) atoms. The Labute approximate surface area is 461 Å². The van der Waals surface area contributed by atoms with Crippen molar-refractivity contribution in [1.29, 1.82) is 0 Å². The molecule has 0 radical (unpaired) electrons. The van der Waals surface area contributed by atoms with Crippen LogP contribution in [0.25, 0.3) is 0 Å². The molecule has 4 amide bonds. The minimum atomic E-state index is -0.703. The number of hydrogen-bond donors (Lipinski definition) is 3. The largest absolute Gasteiger partial charge is 0.464 e. The first kappa shape index (κ1) is 71.7. The molecule has 0 bridgehead atoms. The monoisotopic (exact) mass is 1070 g/mol. The number of rotatable bonds is 55. The number of unbranched alkanes of at least 4 members (excludes halogenated alkanes) is 17. The van der Waals surface area contributed by atoms with Crippen LogP contribution in [-0.2, 0) is 52.5 Å². The number of amides is 4. The van der Waals surface area contributed by atoms with E-state index in [0.717, 1.165) is 89.9 Å². The summed E-state index contributed by atoms with van der Waals surface area (Å²) in [5, 5.41) is 8.41. The number of nitrogens with one attached hydrogen (secondary N) is 3. The second-order valence-electron chi connectivity index (χ2n) is 19.4. The van der Waals surface area contributed by atoms with Gasteiger partial charge >= 0.3 is 11.9 Å². The van der Waals surface area contributed by atoms with Crippen LogP contribution in [-0.4, -0.2) is 126 Å². The van der Waals surface area contributed by atoms with Gasteiger partial charge in [-0.25, -0.2) is 0 Å². The molecule has 0 aliphatic carbocycles. The fourth-order valence-corrected chi connectivity index (χ4v) is 7.98. The zero-order chi connectivity index (χ0) is 55.6. The molecule has 0 aromatic rings. The summed E-state index contributed by atoms with van der Waals surface area (Å²) in [6.45, 7) is 11.9. The zero-order valence-electron chi connectivity index (χ0n) is 48.3. The fraction of sp³-hybridized carbons (Fsp3) is 0.770. The third kappa shape index (κ3) is 51.8. The van der Waals surface area contributed by atoms with Crippen molar-refractivity contribution in [2.24, 2.45) is 0 Å². The molecule has 15 heteroatoms. The standard InChI is InChI=1S/C61H108N4O11/c1-5-8-10-12-14-16-18-20-22-24-26-28-30-32-34-40-59(69)75-49-46-65(47-50-76-60(70)41-35-33-31-29-27-25-23-21-19-17-15-13-11-9-6-2)58(68)43-42-57(67)62-44-37-36-39-56(64-55(4)66)61(71)63-45-38-48-73-53-54-74-52-51-72-7-3/h14-17,20-23,56H,5-13,18-19,24-54H2,1-4H3,(H,62,67)(H,63,71)(H,64,66)/b16-14-,17-15-,22-20-,23-21-/t56-/m0/s1. The number of hydrogen-bond acceptors (Lipinski definition) is 11. The van der Waals surface area contributed by atoms with Crippen LogP contribution in [0.2, 0.25) is 0 Å². The summed E-state index contributed by atoms with van der Waals surface area (Å²) in [5.41, 5.74) is 0. The van der Waals surface area contributed by atoms with Crippen molar-refractivity contribution in [3.8, 4) is 0 Å². The maximum atomic E-state index is 13.4. The van der Waals surface area contributed by atoms with E-state index >= 15 is 0 Å². The Morgan fingerprint density at radius 3 is 1.41 bits per heavy atom. The molecule has 0 spiro atoms. The highest BCUT2D eigenvalue weighted by Crippen LogP contribution is 2.11. The lowest BCUT2D eigenvalue weighted by atomic mass is 10.1. The van der Waals surface area contributed by atoms with E-state index in [1.807, 2.05) is 6.92 Å². The Kier molecular flexibility index (Phi) is 53.6. The lowest BCUT2D eigenvalue weighted by Crippen LogP contribution is -2.46. The van der Waals surface area contributed by atoms with E-state index in [-0.39, 0.29) is 74.7 Å². The smallest absolute Gasteiger partial charge is 0.305 e. The maximum Gasteiger partial charge on any atom is 0.305 e. The van der Waals surface area contributed by atoms with Crippen LogP contribution in [0.4, 0.5) is 0 Å². The van der Waals surface area contributed by atoms with Gasteiger partial charge in [0.05, 0.1) is 39.5 Å². The van der Waals surface area contributed by atoms with Gasteiger partial charge in [0.15, 0.2) is 0 Å². The minimum absolute atomic E-state index is 0.00871. The molecular formula is C61H108N4O11. The van der Waals surface area contributed by atoms with Crippen LogP contribution >= 0.6 is 0 Å². The minimum Gasteiger partial charge on any atom is -0.464 e. The Morgan fingerprint density at radius 1 is 0.447 bits per heavy atom. The molecule has 0 heterocycles. The van der Waals surface area contributed by atoms with Gasteiger partial charge in [0.25, 0.3) is 0 Å². The third-order valence-electron chi connectivity index (χ3n) is 12.5. The van der Waals surface area contributed by atoms with Crippen molar-refractivity contribution < 1.29 is 52.5 Å². The summed E-state index contributed by atoms with van der Waals surface area (Å²) >= 11 is 0. The van der Waals surface area contributed by atoms with E-state index in [4.69, 9.17) is 23.7 Å². The van der Waals surface area contributed by atoms with Crippen molar-refractivity contribution in [3.05, 3.63) is 48.6 Å². The summed E-state index contributed by atoms with van der Waals surface area (Å²) in [5.74, 6) is -1.80. The highest BCUT2D eigenvalue weighted by molar-refractivity contribution is 5.86. The summed E-state index contributed by atoms with van der Waals surface area (Å²) < 4.78 is 27.2.